The molecular weight excluding hydrogens is 358 g/mol. The number of amides is 1. The molecule has 0 aromatic heterocycles. The summed E-state index contributed by atoms with van der Waals surface area (Å²) in [6.07, 6.45) is 3.24. The van der Waals surface area contributed by atoms with Crippen LogP contribution in [0.2, 0.25) is 5.02 Å². The Bertz CT molecular complexity index is 664. The topological polar surface area (TPSA) is 73.9 Å². The first-order valence-electron chi connectivity index (χ1n) is 8.75. The number of benzene rings is 1. The number of rotatable bonds is 6. The number of nitrogens with one attached hydrogen (secondary N) is 1. The monoisotopic (exact) mass is 383 g/mol. The van der Waals surface area contributed by atoms with Gasteiger partial charge in [0, 0.05) is 6.04 Å². The van der Waals surface area contributed by atoms with Gasteiger partial charge in [-0.15, -0.1) is 0 Å². The van der Waals surface area contributed by atoms with Gasteiger partial charge < -0.3 is 19.5 Å². The second-order valence-corrected chi connectivity index (χ2v) is 7.12. The third-order valence-corrected chi connectivity index (χ3v) is 5.34. The van der Waals surface area contributed by atoms with Crippen LogP contribution in [0.15, 0.2) is 12.1 Å². The zero-order valence-electron chi connectivity index (χ0n) is 15.6. The van der Waals surface area contributed by atoms with Crippen molar-refractivity contribution in [2.45, 2.75) is 39.2 Å². The Kier molecular flexibility index (Phi) is 7.14. The predicted molar refractivity (Wildman–Crippen MR) is 98.9 cm³/mol. The molecule has 6 nitrogen and oxygen atoms in total. The normalized spacial score (nSPS) is 22.4. The maximum Gasteiger partial charge on any atom is 0.338 e. The third-order valence-electron chi connectivity index (χ3n) is 5.06. The third kappa shape index (κ3) is 4.81. The van der Waals surface area contributed by atoms with Gasteiger partial charge in [0.2, 0.25) is 0 Å². The number of ether oxygens (including phenoxy) is 3. The highest BCUT2D eigenvalue weighted by molar-refractivity contribution is 6.32. The van der Waals surface area contributed by atoms with Crippen LogP contribution in [-0.4, -0.2) is 38.7 Å². The van der Waals surface area contributed by atoms with Gasteiger partial charge in [-0.05, 0) is 30.4 Å². The van der Waals surface area contributed by atoms with Crippen LogP contribution < -0.4 is 14.8 Å². The van der Waals surface area contributed by atoms with E-state index in [0.717, 1.165) is 12.8 Å². The quantitative estimate of drug-likeness (QED) is 0.761. The first-order chi connectivity index (χ1) is 12.4. The van der Waals surface area contributed by atoms with Gasteiger partial charge in [0.05, 0.1) is 24.8 Å². The maximum atomic E-state index is 12.2. The minimum atomic E-state index is -0.645. The molecule has 0 spiro atoms. The van der Waals surface area contributed by atoms with Crippen LogP contribution in [0.4, 0.5) is 0 Å². The zero-order valence-corrected chi connectivity index (χ0v) is 16.4. The first-order valence-corrected chi connectivity index (χ1v) is 9.13. The van der Waals surface area contributed by atoms with Crippen LogP contribution in [0.5, 0.6) is 11.5 Å². The molecule has 2 rings (SSSR count). The minimum absolute atomic E-state index is 0.125. The molecule has 0 saturated heterocycles. The standard InChI is InChI=1S/C19H26ClNO5/c1-11-6-5-7-15(12(11)2)21-17(22)10-26-19(23)13-8-14(20)18(25-4)16(9-13)24-3/h8-9,11-12,15H,5-7,10H2,1-4H3,(H,21,22)/t11-,12+,15-/m0/s1. The molecule has 1 aliphatic carbocycles. The van der Waals surface area contributed by atoms with Crippen LogP contribution in [0.1, 0.15) is 43.5 Å². The smallest absolute Gasteiger partial charge is 0.338 e. The summed E-state index contributed by atoms with van der Waals surface area (Å²) < 4.78 is 15.4. The number of esters is 1. The molecule has 144 valence electrons. The summed E-state index contributed by atoms with van der Waals surface area (Å²) in [7, 11) is 2.91. The van der Waals surface area contributed by atoms with E-state index >= 15 is 0 Å². The molecule has 1 amide bonds. The lowest BCUT2D eigenvalue weighted by Gasteiger charge is -2.34. The van der Waals surface area contributed by atoms with Crippen LogP contribution in [0.3, 0.4) is 0 Å². The van der Waals surface area contributed by atoms with Crippen LogP contribution in [-0.2, 0) is 9.53 Å². The fourth-order valence-electron chi connectivity index (χ4n) is 3.28. The van der Waals surface area contributed by atoms with E-state index in [0.29, 0.717) is 23.3 Å². The largest absolute Gasteiger partial charge is 0.493 e. The van der Waals surface area contributed by atoms with Gasteiger partial charge in [0.15, 0.2) is 18.1 Å². The second-order valence-electron chi connectivity index (χ2n) is 6.71. The minimum Gasteiger partial charge on any atom is -0.493 e. The molecule has 26 heavy (non-hydrogen) atoms. The molecule has 1 aromatic carbocycles. The molecule has 1 saturated carbocycles. The highest BCUT2D eigenvalue weighted by atomic mass is 35.5. The van der Waals surface area contributed by atoms with E-state index in [1.165, 1.54) is 32.8 Å². The first kappa shape index (κ1) is 20.4. The van der Waals surface area contributed by atoms with Crippen molar-refractivity contribution in [3.63, 3.8) is 0 Å². The van der Waals surface area contributed by atoms with Crippen molar-refractivity contribution in [2.75, 3.05) is 20.8 Å². The summed E-state index contributed by atoms with van der Waals surface area (Å²) in [6.45, 7) is 4.01. The van der Waals surface area contributed by atoms with E-state index in [9.17, 15) is 9.59 Å². The van der Waals surface area contributed by atoms with E-state index in [4.69, 9.17) is 25.8 Å². The van der Waals surface area contributed by atoms with Crippen molar-refractivity contribution in [2.24, 2.45) is 11.8 Å². The van der Waals surface area contributed by atoms with Gasteiger partial charge in [-0.2, -0.15) is 0 Å². The summed E-state index contributed by atoms with van der Waals surface area (Å²) in [5, 5.41) is 3.20. The fraction of sp³-hybridized carbons (Fsp3) is 0.579. The fourth-order valence-corrected chi connectivity index (χ4v) is 3.57. The van der Waals surface area contributed by atoms with Crippen molar-refractivity contribution in [1.82, 2.24) is 5.32 Å². The molecule has 7 heteroatoms. The number of methoxy groups -OCH3 is 2. The van der Waals surface area contributed by atoms with Gasteiger partial charge in [0.1, 0.15) is 0 Å². The lowest BCUT2D eigenvalue weighted by atomic mass is 9.78. The summed E-state index contributed by atoms with van der Waals surface area (Å²) in [5.41, 5.74) is 0.195. The number of carbonyl (C=O) groups is 2. The summed E-state index contributed by atoms with van der Waals surface area (Å²) in [4.78, 5) is 24.4. The second kappa shape index (κ2) is 9.12. The van der Waals surface area contributed by atoms with Crippen LogP contribution in [0.25, 0.3) is 0 Å². The number of carbonyl (C=O) groups excluding carboxylic acids is 2. The molecular formula is C19H26ClNO5. The summed E-state index contributed by atoms with van der Waals surface area (Å²) >= 11 is 6.09. The van der Waals surface area contributed by atoms with E-state index in [1.54, 1.807) is 0 Å². The Morgan fingerprint density at radius 1 is 1.19 bits per heavy atom. The van der Waals surface area contributed by atoms with Gasteiger partial charge >= 0.3 is 5.97 Å². The molecule has 0 radical (unpaired) electrons. The molecule has 0 aliphatic heterocycles. The number of hydrogen-bond donors (Lipinski definition) is 1. The molecule has 0 bridgehead atoms. The van der Waals surface area contributed by atoms with E-state index in [1.807, 2.05) is 0 Å². The number of hydrogen-bond acceptors (Lipinski definition) is 5. The Labute approximate surface area is 159 Å². The SMILES string of the molecule is COc1cc(C(=O)OCC(=O)N[C@H]2CCC[C@H](C)[C@H]2C)cc(Cl)c1OC. The van der Waals surface area contributed by atoms with Crippen molar-refractivity contribution in [3.05, 3.63) is 22.7 Å². The molecule has 0 heterocycles. The lowest BCUT2D eigenvalue weighted by Crippen LogP contribution is -2.45. The van der Waals surface area contributed by atoms with Gasteiger partial charge in [0.25, 0.3) is 5.91 Å². The van der Waals surface area contributed by atoms with E-state index < -0.39 is 5.97 Å². The van der Waals surface area contributed by atoms with Crippen molar-refractivity contribution in [3.8, 4) is 11.5 Å². The Hall–Kier alpha value is -1.95. The maximum absolute atomic E-state index is 12.2. The van der Waals surface area contributed by atoms with Gasteiger partial charge in [-0.3, -0.25) is 4.79 Å². The average Bonchev–Trinajstić information content (AvgIpc) is 2.62. The summed E-state index contributed by atoms with van der Waals surface area (Å²) in [6, 6.07) is 3.02. The van der Waals surface area contributed by atoms with Gasteiger partial charge in [-0.1, -0.05) is 38.3 Å². The Morgan fingerprint density at radius 2 is 1.92 bits per heavy atom. The van der Waals surface area contributed by atoms with Crippen molar-refractivity contribution < 1.29 is 23.8 Å². The molecule has 3 atom stereocenters. The average molecular weight is 384 g/mol. The molecule has 0 unspecified atom stereocenters. The van der Waals surface area contributed by atoms with E-state index in [2.05, 4.69) is 19.2 Å². The van der Waals surface area contributed by atoms with Crippen molar-refractivity contribution in [1.29, 1.82) is 0 Å². The highest BCUT2D eigenvalue weighted by Crippen LogP contribution is 2.36. The van der Waals surface area contributed by atoms with Crippen LogP contribution >= 0.6 is 11.6 Å². The van der Waals surface area contributed by atoms with Crippen molar-refractivity contribution >= 4 is 23.5 Å². The molecule has 1 fully saturated rings. The number of halogens is 1. The summed E-state index contributed by atoms with van der Waals surface area (Å²) in [5.74, 6) is 0.702. The Balaban J connectivity index is 1.94. The molecule has 1 aliphatic rings. The predicted octanol–water partition coefficient (Wildman–Crippen LogP) is 3.45. The lowest BCUT2D eigenvalue weighted by molar-refractivity contribution is -0.125. The molecule has 1 N–H and O–H groups in total. The van der Waals surface area contributed by atoms with E-state index in [-0.39, 0.29) is 29.1 Å². The van der Waals surface area contributed by atoms with Gasteiger partial charge in [-0.25, -0.2) is 4.79 Å². The zero-order chi connectivity index (χ0) is 19.3. The highest BCUT2D eigenvalue weighted by Gasteiger charge is 2.28. The van der Waals surface area contributed by atoms with Crippen LogP contribution in [0, 0.1) is 11.8 Å². The Morgan fingerprint density at radius 3 is 2.58 bits per heavy atom. The molecule has 1 aromatic rings.